The van der Waals surface area contributed by atoms with Gasteiger partial charge in [0.15, 0.2) is 0 Å². The van der Waals surface area contributed by atoms with Crippen LogP contribution < -0.4 is 0 Å². The second kappa shape index (κ2) is 3.21. The van der Waals surface area contributed by atoms with Gasteiger partial charge in [-0.25, -0.2) is 0 Å². The van der Waals surface area contributed by atoms with Crippen molar-refractivity contribution < 1.29 is 0 Å². The Bertz CT molecular complexity index is 372. The Kier molecular flexibility index (Phi) is 2.34. The third-order valence-electron chi connectivity index (χ3n) is 3.02. The van der Waals surface area contributed by atoms with Crippen LogP contribution in [0.2, 0.25) is 5.28 Å². The molecule has 1 aromatic rings. The van der Waals surface area contributed by atoms with Gasteiger partial charge in [0.2, 0.25) is 5.28 Å². The molecule has 3 nitrogen and oxygen atoms in total. The highest BCUT2D eigenvalue weighted by molar-refractivity contribution is 6.28. The summed E-state index contributed by atoms with van der Waals surface area (Å²) in [6, 6.07) is 0. The van der Waals surface area contributed by atoms with E-state index in [2.05, 4.69) is 42.5 Å². The van der Waals surface area contributed by atoms with E-state index in [1.54, 1.807) is 0 Å². The fourth-order valence-corrected chi connectivity index (χ4v) is 1.91. The molecule has 0 bridgehead atoms. The largest absolute Gasteiger partial charge is 0.301 e. The standard InChI is InChI=1S/C11H18ClN3/c1-10(2,3)8-13-14-9(12)15(8)7-11(4)5-6-11/h5-7H2,1-4H3. The van der Waals surface area contributed by atoms with Gasteiger partial charge in [-0.2, -0.15) is 0 Å². The number of nitrogens with zero attached hydrogens (tertiary/aromatic N) is 3. The zero-order valence-corrected chi connectivity index (χ0v) is 10.6. The van der Waals surface area contributed by atoms with Crippen molar-refractivity contribution in [3.63, 3.8) is 0 Å². The summed E-state index contributed by atoms with van der Waals surface area (Å²) in [5.41, 5.74) is 0.428. The van der Waals surface area contributed by atoms with Gasteiger partial charge in [-0.15, -0.1) is 10.2 Å². The van der Waals surface area contributed by atoms with Crippen LogP contribution in [0.15, 0.2) is 0 Å². The molecule has 0 aromatic carbocycles. The van der Waals surface area contributed by atoms with Gasteiger partial charge < -0.3 is 4.57 Å². The molecule has 84 valence electrons. The molecular formula is C11H18ClN3. The molecule has 4 heteroatoms. The Labute approximate surface area is 95.8 Å². The van der Waals surface area contributed by atoms with Crippen LogP contribution in [0.1, 0.15) is 46.4 Å². The average molecular weight is 228 g/mol. The molecule has 0 aliphatic heterocycles. The summed E-state index contributed by atoms with van der Waals surface area (Å²) in [6.07, 6.45) is 2.57. The summed E-state index contributed by atoms with van der Waals surface area (Å²) in [4.78, 5) is 0. The molecule has 0 atom stereocenters. The Morgan fingerprint density at radius 2 is 1.93 bits per heavy atom. The predicted molar refractivity (Wildman–Crippen MR) is 61.1 cm³/mol. The molecule has 15 heavy (non-hydrogen) atoms. The smallest absolute Gasteiger partial charge is 0.225 e. The lowest BCUT2D eigenvalue weighted by Crippen LogP contribution is -2.21. The van der Waals surface area contributed by atoms with Crippen LogP contribution >= 0.6 is 11.6 Å². The van der Waals surface area contributed by atoms with Crippen LogP contribution in [0.3, 0.4) is 0 Å². The molecule has 2 rings (SSSR count). The zero-order chi connectivity index (χ0) is 11.3. The molecule has 1 aliphatic rings. The SMILES string of the molecule is CC1(Cn2c(Cl)nnc2C(C)(C)C)CC1. The summed E-state index contributed by atoms with van der Waals surface area (Å²) in [5, 5.41) is 8.67. The van der Waals surface area contributed by atoms with E-state index in [4.69, 9.17) is 11.6 Å². The van der Waals surface area contributed by atoms with Crippen molar-refractivity contribution in [2.75, 3.05) is 0 Å². The maximum atomic E-state index is 6.07. The van der Waals surface area contributed by atoms with Crippen LogP contribution in [-0.2, 0) is 12.0 Å². The molecular weight excluding hydrogens is 210 g/mol. The lowest BCUT2D eigenvalue weighted by Gasteiger charge is -2.20. The third-order valence-corrected chi connectivity index (χ3v) is 3.30. The van der Waals surface area contributed by atoms with E-state index in [9.17, 15) is 0 Å². The number of hydrogen-bond donors (Lipinski definition) is 0. The van der Waals surface area contributed by atoms with Gasteiger partial charge in [0, 0.05) is 12.0 Å². The zero-order valence-electron chi connectivity index (χ0n) is 9.84. The molecule has 0 N–H and O–H groups in total. The average Bonchev–Trinajstić information content (AvgIpc) is 2.68. The summed E-state index contributed by atoms with van der Waals surface area (Å²) >= 11 is 6.07. The fraction of sp³-hybridized carbons (Fsp3) is 0.818. The maximum absolute atomic E-state index is 6.07. The van der Waals surface area contributed by atoms with Crippen LogP contribution in [0.4, 0.5) is 0 Å². The van der Waals surface area contributed by atoms with Crippen molar-refractivity contribution in [1.82, 2.24) is 14.8 Å². The van der Waals surface area contributed by atoms with Gasteiger partial charge >= 0.3 is 0 Å². The highest BCUT2D eigenvalue weighted by Gasteiger charge is 2.39. The topological polar surface area (TPSA) is 30.7 Å². The molecule has 1 heterocycles. The van der Waals surface area contributed by atoms with Gasteiger partial charge in [0.1, 0.15) is 5.82 Å². The van der Waals surface area contributed by atoms with Crippen molar-refractivity contribution in [1.29, 1.82) is 0 Å². The summed E-state index contributed by atoms with van der Waals surface area (Å²) < 4.78 is 2.06. The van der Waals surface area contributed by atoms with Gasteiger partial charge in [0.05, 0.1) is 0 Å². The van der Waals surface area contributed by atoms with E-state index < -0.39 is 0 Å². The minimum absolute atomic E-state index is 0.00535. The van der Waals surface area contributed by atoms with Gasteiger partial charge in [-0.1, -0.05) is 27.7 Å². The van der Waals surface area contributed by atoms with Crippen LogP contribution in [0.5, 0.6) is 0 Å². The minimum atomic E-state index is 0.00535. The van der Waals surface area contributed by atoms with Crippen LogP contribution in [0.25, 0.3) is 0 Å². The lowest BCUT2D eigenvalue weighted by atomic mass is 9.95. The quantitative estimate of drug-likeness (QED) is 0.778. The first-order valence-electron chi connectivity index (χ1n) is 5.41. The van der Waals surface area contributed by atoms with Crippen LogP contribution in [0, 0.1) is 5.41 Å². The van der Waals surface area contributed by atoms with Crippen LogP contribution in [-0.4, -0.2) is 14.8 Å². The Morgan fingerprint density at radius 3 is 2.40 bits per heavy atom. The first-order valence-corrected chi connectivity index (χ1v) is 5.79. The predicted octanol–water partition coefficient (Wildman–Crippen LogP) is 3.03. The molecule has 0 unspecified atom stereocenters. The summed E-state index contributed by atoms with van der Waals surface area (Å²) in [5.74, 6) is 0.987. The van der Waals surface area contributed by atoms with Gasteiger partial charge in [-0.05, 0) is 29.9 Å². The number of halogens is 1. The normalized spacial score (nSPS) is 19.3. The van der Waals surface area contributed by atoms with E-state index in [0.29, 0.717) is 10.7 Å². The third kappa shape index (κ3) is 2.17. The van der Waals surface area contributed by atoms with E-state index in [0.717, 1.165) is 12.4 Å². The molecule has 0 spiro atoms. The molecule has 1 aliphatic carbocycles. The Hall–Kier alpha value is -0.570. The van der Waals surface area contributed by atoms with Crippen molar-refractivity contribution >= 4 is 11.6 Å². The highest BCUT2D eigenvalue weighted by Crippen LogP contribution is 2.47. The minimum Gasteiger partial charge on any atom is -0.301 e. The van der Waals surface area contributed by atoms with E-state index in [1.165, 1.54) is 12.8 Å². The maximum Gasteiger partial charge on any atom is 0.225 e. The number of aromatic nitrogens is 3. The monoisotopic (exact) mass is 227 g/mol. The number of rotatable bonds is 2. The molecule has 1 saturated carbocycles. The first kappa shape index (κ1) is 10.9. The molecule has 0 radical (unpaired) electrons. The van der Waals surface area contributed by atoms with Crippen molar-refractivity contribution in [3.8, 4) is 0 Å². The molecule has 1 fully saturated rings. The fourth-order valence-electron chi connectivity index (χ4n) is 1.73. The van der Waals surface area contributed by atoms with E-state index in [-0.39, 0.29) is 5.41 Å². The lowest BCUT2D eigenvalue weighted by molar-refractivity contribution is 0.419. The summed E-state index contributed by atoms with van der Waals surface area (Å²) in [6.45, 7) is 9.65. The summed E-state index contributed by atoms with van der Waals surface area (Å²) in [7, 11) is 0. The Morgan fingerprint density at radius 1 is 1.33 bits per heavy atom. The first-order chi connectivity index (χ1) is 6.82. The van der Waals surface area contributed by atoms with E-state index in [1.807, 2.05) is 0 Å². The molecule has 1 aromatic heterocycles. The number of hydrogen-bond acceptors (Lipinski definition) is 2. The molecule has 0 saturated heterocycles. The Balaban J connectivity index is 2.32. The van der Waals surface area contributed by atoms with Crippen molar-refractivity contribution in [3.05, 3.63) is 11.1 Å². The van der Waals surface area contributed by atoms with Crippen molar-refractivity contribution in [2.24, 2.45) is 5.41 Å². The van der Waals surface area contributed by atoms with E-state index >= 15 is 0 Å². The molecule has 0 amide bonds. The second-order valence-corrected chi connectivity index (χ2v) is 6.28. The van der Waals surface area contributed by atoms with Crippen molar-refractivity contribution in [2.45, 2.75) is 52.5 Å². The van der Waals surface area contributed by atoms with Gasteiger partial charge in [-0.3, -0.25) is 0 Å². The highest BCUT2D eigenvalue weighted by atomic mass is 35.5. The van der Waals surface area contributed by atoms with Gasteiger partial charge in [0.25, 0.3) is 0 Å². The second-order valence-electron chi connectivity index (χ2n) is 5.94.